The minimum atomic E-state index is -0.659. The zero-order chi connectivity index (χ0) is 9.14. The summed E-state index contributed by atoms with van der Waals surface area (Å²) in [5.41, 5.74) is 0.763. The number of nitro groups is 1. The lowest BCUT2D eigenvalue weighted by atomic mass is 10.1. The predicted octanol–water partition coefficient (Wildman–Crippen LogP) is 2.37. The van der Waals surface area contributed by atoms with Crippen molar-refractivity contribution in [3.05, 3.63) is 39.4 Å². The van der Waals surface area contributed by atoms with Gasteiger partial charge in [0, 0.05) is 11.6 Å². The van der Waals surface area contributed by atoms with E-state index in [1.54, 1.807) is 13.0 Å². The van der Waals surface area contributed by atoms with Crippen molar-refractivity contribution >= 4 is 5.69 Å². The van der Waals surface area contributed by atoms with E-state index in [1.165, 1.54) is 12.1 Å². The number of halogens is 1. The zero-order valence-corrected chi connectivity index (χ0v) is 6.58. The molecule has 0 aliphatic rings. The first kappa shape index (κ1) is 8.64. The molecule has 0 N–H and O–H groups in total. The number of alkyl halides is 1. The van der Waals surface area contributed by atoms with Crippen LogP contribution in [0.5, 0.6) is 0 Å². The normalized spacial score (nSPS) is 9.83. The highest BCUT2D eigenvalue weighted by Crippen LogP contribution is 2.21. The van der Waals surface area contributed by atoms with Gasteiger partial charge in [-0.1, -0.05) is 12.1 Å². The number of nitrogens with zero attached hydrogens (tertiary/aromatic N) is 1. The molecule has 1 rings (SSSR count). The Hall–Kier alpha value is -1.45. The van der Waals surface area contributed by atoms with E-state index in [2.05, 4.69) is 0 Å². The molecule has 0 atom stereocenters. The molecule has 0 spiro atoms. The van der Waals surface area contributed by atoms with Crippen LogP contribution in [0.1, 0.15) is 11.1 Å². The molecule has 0 heterocycles. The average Bonchev–Trinajstić information content (AvgIpc) is 2.04. The highest BCUT2D eigenvalue weighted by Gasteiger charge is 2.11. The molecule has 1 aromatic rings. The van der Waals surface area contributed by atoms with Crippen molar-refractivity contribution in [2.24, 2.45) is 0 Å². The number of hydrogen-bond acceptors (Lipinski definition) is 2. The fourth-order valence-corrected chi connectivity index (χ4v) is 1.01. The van der Waals surface area contributed by atoms with Crippen molar-refractivity contribution in [2.75, 3.05) is 0 Å². The molecule has 0 amide bonds. The van der Waals surface area contributed by atoms with Crippen molar-refractivity contribution in [1.29, 1.82) is 0 Å². The Morgan fingerprint density at radius 3 is 2.75 bits per heavy atom. The number of benzene rings is 1. The van der Waals surface area contributed by atoms with E-state index in [1.807, 2.05) is 0 Å². The number of hydrogen-bond donors (Lipinski definition) is 0. The zero-order valence-electron chi connectivity index (χ0n) is 6.58. The summed E-state index contributed by atoms with van der Waals surface area (Å²) in [5, 5.41) is 10.4. The fraction of sp³-hybridized carbons (Fsp3) is 0.250. The Bertz CT molecular complexity index is 312. The first-order chi connectivity index (χ1) is 5.66. The molecule has 3 nitrogen and oxygen atoms in total. The van der Waals surface area contributed by atoms with E-state index in [4.69, 9.17) is 0 Å². The molecule has 0 saturated heterocycles. The van der Waals surface area contributed by atoms with Crippen LogP contribution < -0.4 is 0 Å². The minimum absolute atomic E-state index is 0.0230. The topological polar surface area (TPSA) is 43.1 Å². The summed E-state index contributed by atoms with van der Waals surface area (Å²) in [6.45, 7) is 0.889. The van der Waals surface area contributed by atoms with Gasteiger partial charge in [-0.3, -0.25) is 10.1 Å². The molecule has 0 aliphatic carbocycles. The summed E-state index contributed by atoms with van der Waals surface area (Å²) in [6, 6.07) is 4.40. The molecule has 0 aliphatic heterocycles. The van der Waals surface area contributed by atoms with E-state index < -0.39 is 11.6 Å². The Morgan fingerprint density at radius 2 is 2.25 bits per heavy atom. The van der Waals surface area contributed by atoms with E-state index in [9.17, 15) is 14.5 Å². The van der Waals surface area contributed by atoms with Gasteiger partial charge in [0.1, 0.15) is 6.67 Å². The Morgan fingerprint density at radius 1 is 1.58 bits per heavy atom. The Kier molecular flexibility index (Phi) is 2.38. The molecule has 0 bridgehead atoms. The van der Waals surface area contributed by atoms with Crippen LogP contribution in [-0.2, 0) is 6.67 Å². The molecule has 0 saturated carbocycles. The highest BCUT2D eigenvalue weighted by atomic mass is 19.1. The number of nitro benzene ring substituents is 1. The smallest absolute Gasteiger partial charge is 0.258 e. The third-order valence-corrected chi connectivity index (χ3v) is 1.76. The van der Waals surface area contributed by atoms with Crippen LogP contribution in [0.2, 0.25) is 0 Å². The van der Waals surface area contributed by atoms with Crippen LogP contribution in [0, 0.1) is 17.0 Å². The largest absolute Gasteiger partial charge is 0.272 e. The molecule has 1 aromatic carbocycles. The Labute approximate surface area is 69.0 Å². The van der Waals surface area contributed by atoms with E-state index in [-0.39, 0.29) is 5.69 Å². The SMILES string of the molecule is Cc1c(CF)cccc1[N+](=O)[O-]. The van der Waals surface area contributed by atoms with E-state index >= 15 is 0 Å². The molecule has 0 radical (unpaired) electrons. The van der Waals surface area contributed by atoms with Crippen LogP contribution in [-0.4, -0.2) is 4.92 Å². The van der Waals surface area contributed by atoms with Gasteiger partial charge in [-0.25, -0.2) is 4.39 Å². The third-order valence-electron chi connectivity index (χ3n) is 1.76. The van der Waals surface area contributed by atoms with Gasteiger partial charge in [0.15, 0.2) is 0 Å². The number of rotatable bonds is 2. The first-order valence-corrected chi connectivity index (χ1v) is 3.45. The molecule has 4 heteroatoms. The van der Waals surface area contributed by atoms with E-state index in [0.29, 0.717) is 11.1 Å². The minimum Gasteiger partial charge on any atom is -0.258 e. The molecule has 0 unspecified atom stereocenters. The van der Waals surface area contributed by atoms with Gasteiger partial charge in [0.05, 0.1) is 4.92 Å². The standard InChI is InChI=1S/C8H8FNO2/c1-6-7(5-9)3-2-4-8(6)10(11)12/h2-4H,5H2,1H3. The second-order valence-corrected chi connectivity index (χ2v) is 2.45. The van der Waals surface area contributed by atoms with Crippen molar-refractivity contribution in [2.45, 2.75) is 13.6 Å². The maximum atomic E-state index is 12.2. The average molecular weight is 169 g/mol. The summed E-state index contributed by atoms with van der Waals surface area (Å²) in [6.07, 6.45) is 0. The van der Waals surface area contributed by atoms with Crippen molar-refractivity contribution < 1.29 is 9.31 Å². The highest BCUT2D eigenvalue weighted by molar-refractivity contribution is 5.44. The molecule has 0 aromatic heterocycles. The third kappa shape index (κ3) is 1.42. The molecular formula is C8H8FNO2. The predicted molar refractivity (Wildman–Crippen MR) is 42.6 cm³/mol. The lowest BCUT2D eigenvalue weighted by Gasteiger charge is -2.00. The summed E-state index contributed by atoms with van der Waals surface area (Å²) in [4.78, 5) is 9.87. The molecule has 0 fully saturated rings. The summed E-state index contributed by atoms with van der Waals surface area (Å²) < 4.78 is 12.2. The van der Waals surface area contributed by atoms with Gasteiger partial charge < -0.3 is 0 Å². The Balaban J connectivity index is 3.23. The molecular weight excluding hydrogens is 161 g/mol. The lowest BCUT2D eigenvalue weighted by Crippen LogP contribution is -1.94. The maximum absolute atomic E-state index is 12.2. The maximum Gasteiger partial charge on any atom is 0.272 e. The van der Waals surface area contributed by atoms with Gasteiger partial charge in [0.2, 0.25) is 0 Å². The lowest BCUT2D eigenvalue weighted by molar-refractivity contribution is -0.385. The van der Waals surface area contributed by atoms with Crippen LogP contribution in [0.15, 0.2) is 18.2 Å². The van der Waals surface area contributed by atoms with Crippen LogP contribution in [0.3, 0.4) is 0 Å². The quantitative estimate of drug-likeness (QED) is 0.503. The summed E-state index contributed by atoms with van der Waals surface area (Å²) >= 11 is 0. The van der Waals surface area contributed by atoms with Gasteiger partial charge >= 0.3 is 0 Å². The second-order valence-electron chi connectivity index (χ2n) is 2.45. The monoisotopic (exact) mass is 169 g/mol. The van der Waals surface area contributed by atoms with E-state index in [0.717, 1.165) is 0 Å². The van der Waals surface area contributed by atoms with Gasteiger partial charge in [-0.2, -0.15) is 0 Å². The first-order valence-electron chi connectivity index (χ1n) is 3.45. The molecule has 12 heavy (non-hydrogen) atoms. The molecule has 64 valence electrons. The second kappa shape index (κ2) is 3.30. The van der Waals surface area contributed by atoms with Gasteiger partial charge in [0.25, 0.3) is 5.69 Å². The van der Waals surface area contributed by atoms with Crippen molar-refractivity contribution in [3.63, 3.8) is 0 Å². The fourth-order valence-electron chi connectivity index (χ4n) is 1.01. The van der Waals surface area contributed by atoms with Gasteiger partial charge in [-0.05, 0) is 12.5 Å². The summed E-state index contributed by atoms with van der Waals surface area (Å²) in [5.74, 6) is 0. The van der Waals surface area contributed by atoms with Crippen LogP contribution in [0.25, 0.3) is 0 Å². The van der Waals surface area contributed by atoms with Crippen LogP contribution in [0.4, 0.5) is 10.1 Å². The van der Waals surface area contributed by atoms with Crippen LogP contribution >= 0.6 is 0 Å². The van der Waals surface area contributed by atoms with Crippen molar-refractivity contribution in [3.8, 4) is 0 Å². The van der Waals surface area contributed by atoms with Gasteiger partial charge in [-0.15, -0.1) is 0 Å². The summed E-state index contributed by atoms with van der Waals surface area (Å²) in [7, 11) is 0. The van der Waals surface area contributed by atoms with Crippen molar-refractivity contribution in [1.82, 2.24) is 0 Å².